The molecule has 6 nitrogen and oxygen atoms in total. The van der Waals surface area contributed by atoms with Gasteiger partial charge in [0.25, 0.3) is 0 Å². The van der Waals surface area contributed by atoms with Crippen molar-refractivity contribution in [2.45, 2.75) is 38.4 Å². The van der Waals surface area contributed by atoms with Crippen LogP contribution in [0.15, 0.2) is 36.4 Å². The summed E-state index contributed by atoms with van der Waals surface area (Å²) in [6.45, 7) is 2.55. The van der Waals surface area contributed by atoms with E-state index in [2.05, 4.69) is 5.32 Å². The van der Waals surface area contributed by atoms with Gasteiger partial charge >= 0.3 is 6.18 Å². The van der Waals surface area contributed by atoms with Crippen LogP contribution in [-0.2, 0) is 16.8 Å². The normalized spacial score (nSPS) is 13.1. The largest absolute Gasteiger partial charge is 0.493 e. The average Bonchev–Trinajstić information content (AvgIpc) is 3.18. The van der Waals surface area contributed by atoms with E-state index >= 15 is 0 Å². The van der Waals surface area contributed by atoms with E-state index < -0.39 is 18.3 Å². The molecule has 0 radical (unpaired) electrons. The Morgan fingerprint density at radius 2 is 1.81 bits per heavy atom. The van der Waals surface area contributed by atoms with Crippen LogP contribution in [0.4, 0.5) is 13.2 Å². The van der Waals surface area contributed by atoms with Crippen LogP contribution >= 0.6 is 0 Å². The SMILES string of the molecule is COc1cc(CCC(=O)NC(C)(C)c2ccc3c(c2)OCO3)ccc1OCC(F)(F)F. The molecular weight excluding hydrogens is 415 g/mol. The molecule has 0 unspecified atom stereocenters. The summed E-state index contributed by atoms with van der Waals surface area (Å²) >= 11 is 0. The molecule has 0 saturated carbocycles. The molecular formula is C22H24F3NO5. The molecule has 1 aliphatic rings. The number of hydrogen-bond donors (Lipinski definition) is 1. The van der Waals surface area contributed by atoms with E-state index in [0.717, 1.165) is 11.1 Å². The number of carbonyl (C=O) groups is 1. The zero-order valence-electron chi connectivity index (χ0n) is 17.5. The van der Waals surface area contributed by atoms with Crippen LogP contribution in [0, 0.1) is 0 Å². The maximum Gasteiger partial charge on any atom is 0.422 e. The minimum absolute atomic E-state index is 0.00281. The molecule has 0 aliphatic carbocycles. The molecule has 1 aliphatic heterocycles. The predicted molar refractivity (Wildman–Crippen MR) is 107 cm³/mol. The first-order valence-electron chi connectivity index (χ1n) is 9.65. The summed E-state index contributed by atoms with van der Waals surface area (Å²) in [6, 6.07) is 10.1. The second-order valence-corrected chi connectivity index (χ2v) is 7.63. The Labute approximate surface area is 178 Å². The van der Waals surface area contributed by atoms with Gasteiger partial charge in [-0.25, -0.2) is 0 Å². The average molecular weight is 439 g/mol. The van der Waals surface area contributed by atoms with Gasteiger partial charge in [-0.3, -0.25) is 4.79 Å². The van der Waals surface area contributed by atoms with Crippen molar-refractivity contribution in [3.05, 3.63) is 47.5 Å². The van der Waals surface area contributed by atoms with Crippen LogP contribution in [0.25, 0.3) is 0 Å². The number of benzene rings is 2. The van der Waals surface area contributed by atoms with Gasteiger partial charge in [0, 0.05) is 6.42 Å². The summed E-state index contributed by atoms with van der Waals surface area (Å²) in [7, 11) is 1.35. The molecule has 2 aromatic rings. The van der Waals surface area contributed by atoms with E-state index in [1.54, 1.807) is 18.2 Å². The second-order valence-electron chi connectivity index (χ2n) is 7.63. The lowest BCUT2D eigenvalue weighted by molar-refractivity contribution is -0.153. The van der Waals surface area contributed by atoms with Gasteiger partial charge in [0.05, 0.1) is 12.6 Å². The molecule has 0 aromatic heterocycles. The Morgan fingerprint density at radius 3 is 2.52 bits per heavy atom. The molecule has 0 spiro atoms. The number of nitrogens with one attached hydrogen (secondary N) is 1. The number of alkyl halides is 3. The lowest BCUT2D eigenvalue weighted by atomic mass is 9.93. The van der Waals surface area contributed by atoms with E-state index in [1.165, 1.54) is 13.2 Å². The molecule has 1 heterocycles. The van der Waals surface area contributed by atoms with Crippen molar-refractivity contribution >= 4 is 5.91 Å². The first-order chi connectivity index (χ1) is 14.6. The molecule has 3 rings (SSSR count). The first kappa shape index (κ1) is 22.6. The van der Waals surface area contributed by atoms with E-state index in [1.807, 2.05) is 26.0 Å². The number of carbonyl (C=O) groups excluding carboxylic acids is 1. The van der Waals surface area contributed by atoms with Gasteiger partial charge in [0.15, 0.2) is 29.6 Å². The van der Waals surface area contributed by atoms with Crippen molar-refractivity contribution in [2.24, 2.45) is 0 Å². The van der Waals surface area contributed by atoms with Gasteiger partial charge in [-0.15, -0.1) is 0 Å². The van der Waals surface area contributed by atoms with Crippen molar-refractivity contribution in [2.75, 3.05) is 20.5 Å². The van der Waals surface area contributed by atoms with Crippen LogP contribution in [0.3, 0.4) is 0 Å². The third-order valence-corrected chi connectivity index (χ3v) is 4.81. The van der Waals surface area contributed by atoms with Gasteiger partial charge in [-0.05, 0) is 55.7 Å². The van der Waals surface area contributed by atoms with E-state index in [9.17, 15) is 18.0 Å². The van der Waals surface area contributed by atoms with Crippen molar-refractivity contribution < 1.29 is 36.9 Å². The van der Waals surface area contributed by atoms with Gasteiger partial charge < -0.3 is 24.3 Å². The summed E-state index contributed by atoms with van der Waals surface area (Å²) in [6.07, 6.45) is -3.86. The third kappa shape index (κ3) is 5.96. The number of hydrogen-bond acceptors (Lipinski definition) is 5. The highest BCUT2D eigenvalue weighted by Crippen LogP contribution is 2.35. The Morgan fingerprint density at radius 1 is 1.06 bits per heavy atom. The van der Waals surface area contributed by atoms with Crippen LogP contribution in [0.1, 0.15) is 31.4 Å². The smallest absolute Gasteiger partial charge is 0.422 e. The summed E-state index contributed by atoms with van der Waals surface area (Å²) in [5.74, 6) is 1.32. The number of halogens is 3. The molecule has 168 valence electrons. The predicted octanol–water partition coefficient (Wildman–Crippen LogP) is 4.35. The van der Waals surface area contributed by atoms with E-state index in [4.69, 9.17) is 18.9 Å². The number of aryl methyl sites for hydroxylation is 1. The number of rotatable bonds is 8. The Kier molecular flexibility index (Phi) is 6.52. The van der Waals surface area contributed by atoms with Crippen molar-refractivity contribution in [3.8, 4) is 23.0 Å². The Hall–Kier alpha value is -3.10. The fourth-order valence-corrected chi connectivity index (χ4v) is 3.17. The fourth-order valence-electron chi connectivity index (χ4n) is 3.17. The molecule has 31 heavy (non-hydrogen) atoms. The highest BCUT2D eigenvalue weighted by molar-refractivity contribution is 5.77. The Balaban J connectivity index is 1.58. The lowest BCUT2D eigenvalue weighted by Gasteiger charge is -2.27. The molecule has 9 heteroatoms. The molecule has 0 fully saturated rings. The fraction of sp³-hybridized carbons (Fsp3) is 0.409. The third-order valence-electron chi connectivity index (χ3n) is 4.81. The van der Waals surface area contributed by atoms with Crippen molar-refractivity contribution in [1.29, 1.82) is 0 Å². The van der Waals surface area contributed by atoms with Crippen LogP contribution in [0.5, 0.6) is 23.0 Å². The van der Waals surface area contributed by atoms with Crippen LogP contribution in [0.2, 0.25) is 0 Å². The van der Waals surface area contributed by atoms with E-state index in [0.29, 0.717) is 17.9 Å². The first-order valence-corrected chi connectivity index (χ1v) is 9.65. The van der Waals surface area contributed by atoms with Crippen LogP contribution in [-0.4, -0.2) is 32.6 Å². The number of ether oxygens (including phenoxy) is 4. The molecule has 1 amide bonds. The highest BCUT2D eigenvalue weighted by atomic mass is 19.4. The quantitative estimate of drug-likeness (QED) is 0.663. The summed E-state index contributed by atoms with van der Waals surface area (Å²) in [5, 5.41) is 2.99. The molecule has 1 N–H and O–H groups in total. The van der Waals surface area contributed by atoms with Gasteiger partial charge in [-0.2, -0.15) is 13.2 Å². The molecule has 2 aromatic carbocycles. The maximum absolute atomic E-state index is 12.5. The molecule has 0 atom stereocenters. The maximum atomic E-state index is 12.5. The molecule has 0 saturated heterocycles. The zero-order chi connectivity index (χ0) is 22.6. The monoisotopic (exact) mass is 439 g/mol. The van der Waals surface area contributed by atoms with E-state index in [-0.39, 0.29) is 30.6 Å². The number of fused-ring (bicyclic) bond motifs is 1. The summed E-state index contributed by atoms with van der Waals surface area (Å²) < 4.78 is 57.7. The topological polar surface area (TPSA) is 66.0 Å². The number of amides is 1. The Bertz CT molecular complexity index is 943. The lowest BCUT2D eigenvalue weighted by Crippen LogP contribution is -2.41. The van der Waals surface area contributed by atoms with Gasteiger partial charge in [-0.1, -0.05) is 12.1 Å². The van der Waals surface area contributed by atoms with Gasteiger partial charge in [0.2, 0.25) is 12.7 Å². The second kappa shape index (κ2) is 8.95. The summed E-state index contributed by atoms with van der Waals surface area (Å²) in [5.41, 5.74) is 0.982. The minimum Gasteiger partial charge on any atom is -0.493 e. The standard InChI is InChI=1S/C22H24F3NO5/c1-21(2,15-6-8-17-19(11-15)31-13-30-17)26-20(27)9-5-14-4-7-16(18(10-14)28-3)29-12-22(23,24)25/h4,6-8,10-11H,5,9,12-13H2,1-3H3,(H,26,27). The number of methoxy groups -OCH3 is 1. The highest BCUT2D eigenvalue weighted by Gasteiger charge is 2.29. The van der Waals surface area contributed by atoms with Crippen molar-refractivity contribution in [3.63, 3.8) is 0 Å². The zero-order valence-corrected chi connectivity index (χ0v) is 17.5. The summed E-state index contributed by atoms with van der Waals surface area (Å²) in [4.78, 5) is 12.5. The molecule has 0 bridgehead atoms. The van der Waals surface area contributed by atoms with Gasteiger partial charge in [0.1, 0.15) is 0 Å². The van der Waals surface area contributed by atoms with Crippen LogP contribution < -0.4 is 24.3 Å². The van der Waals surface area contributed by atoms with Crippen molar-refractivity contribution in [1.82, 2.24) is 5.32 Å². The minimum atomic E-state index is -4.44.